The van der Waals surface area contributed by atoms with Gasteiger partial charge in [-0.15, -0.1) is 0 Å². The van der Waals surface area contributed by atoms with Gasteiger partial charge >= 0.3 is 5.00 Å². The number of carboxylic acids is 1. The second-order valence-electron chi connectivity index (χ2n) is 3.53. The summed E-state index contributed by atoms with van der Waals surface area (Å²) in [4.78, 5) is 25.3. The van der Waals surface area contributed by atoms with Crippen LogP contribution in [-0.4, -0.2) is 17.1 Å². The number of carbonyl (C=O) groups excluding carboxylic acids is 1. The molecule has 2 rings (SSSR count). The van der Waals surface area contributed by atoms with E-state index in [1.807, 2.05) is 0 Å². The molecule has 1 heterocycles. The Bertz CT molecular complexity index is 646. The number of aromatic carboxylic acids is 1. The predicted molar refractivity (Wildman–Crippen MR) is 69.0 cm³/mol. The summed E-state index contributed by atoms with van der Waals surface area (Å²) in [6.07, 6.45) is 1.49. The molecule has 0 saturated carbocycles. The van der Waals surface area contributed by atoms with Crippen LogP contribution in [-0.2, 0) is 0 Å². The standard InChI is InChI=1S/C12H8N2O4S/c15-12(16)8-1-3-9(4-2-8)13-7-10-5-6-11(19-10)14(17)18/h1-7H,(H,15,16)/p-1. The molecule has 7 heteroatoms. The van der Waals surface area contributed by atoms with Gasteiger partial charge in [0.1, 0.15) is 0 Å². The van der Waals surface area contributed by atoms with Gasteiger partial charge in [-0.2, -0.15) is 0 Å². The quantitative estimate of drug-likeness (QED) is 0.482. The monoisotopic (exact) mass is 275 g/mol. The number of nitro groups is 1. The van der Waals surface area contributed by atoms with Crippen LogP contribution in [0.15, 0.2) is 41.4 Å². The second kappa shape index (κ2) is 5.40. The molecule has 19 heavy (non-hydrogen) atoms. The van der Waals surface area contributed by atoms with Crippen molar-refractivity contribution in [1.29, 1.82) is 0 Å². The number of hydrogen-bond donors (Lipinski definition) is 0. The first-order valence-electron chi connectivity index (χ1n) is 5.16. The fourth-order valence-corrected chi connectivity index (χ4v) is 2.03. The number of hydrogen-bond acceptors (Lipinski definition) is 6. The fourth-order valence-electron chi connectivity index (χ4n) is 1.33. The van der Waals surface area contributed by atoms with Gasteiger partial charge in [0.2, 0.25) is 0 Å². The minimum Gasteiger partial charge on any atom is -0.545 e. The maximum absolute atomic E-state index is 10.5. The third-order valence-corrected chi connectivity index (χ3v) is 3.21. The third kappa shape index (κ3) is 3.23. The van der Waals surface area contributed by atoms with Crippen LogP contribution in [0, 0.1) is 10.1 Å². The summed E-state index contributed by atoms with van der Waals surface area (Å²) in [5, 5.41) is 21.1. The molecule has 0 saturated heterocycles. The minimum absolute atomic E-state index is 0.0498. The van der Waals surface area contributed by atoms with Crippen LogP contribution >= 0.6 is 11.3 Å². The van der Waals surface area contributed by atoms with E-state index in [-0.39, 0.29) is 10.6 Å². The number of benzene rings is 1. The van der Waals surface area contributed by atoms with E-state index in [2.05, 4.69) is 4.99 Å². The molecule has 0 bridgehead atoms. The van der Waals surface area contributed by atoms with Crippen molar-refractivity contribution in [1.82, 2.24) is 0 Å². The summed E-state index contributed by atoms with van der Waals surface area (Å²) >= 11 is 1.02. The molecular weight excluding hydrogens is 268 g/mol. The van der Waals surface area contributed by atoms with Crippen LogP contribution in [0.2, 0.25) is 0 Å². The van der Waals surface area contributed by atoms with E-state index in [0.29, 0.717) is 10.6 Å². The van der Waals surface area contributed by atoms with E-state index in [9.17, 15) is 20.0 Å². The van der Waals surface area contributed by atoms with Crippen molar-refractivity contribution in [2.45, 2.75) is 0 Å². The molecule has 0 radical (unpaired) electrons. The van der Waals surface area contributed by atoms with E-state index in [0.717, 1.165) is 11.3 Å². The molecule has 0 N–H and O–H groups in total. The van der Waals surface area contributed by atoms with Gasteiger partial charge in [-0.05, 0) is 23.8 Å². The fraction of sp³-hybridized carbons (Fsp3) is 0. The van der Waals surface area contributed by atoms with Crippen molar-refractivity contribution in [3.63, 3.8) is 0 Å². The highest BCUT2D eigenvalue weighted by molar-refractivity contribution is 7.16. The molecule has 2 aromatic rings. The first-order chi connectivity index (χ1) is 9.06. The first-order valence-corrected chi connectivity index (χ1v) is 5.97. The molecule has 6 nitrogen and oxygen atoms in total. The van der Waals surface area contributed by atoms with E-state index in [1.54, 1.807) is 6.07 Å². The molecular formula is C12H7N2O4S-. The van der Waals surface area contributed by atoms with E-state index < -0.39 is 10.9 Å². The maximum Gasteiger partial charge on any atom is 0.324 e. The second-order valence-corrected chi connectivity index (χ2v) is 4.62. The zero-order chi connectivity index (χ0) is 13.8. The van der Waals surface area contributed by atoms with Crippen LogP contribution in [0.25, 0.3) is 0 Å². The number of thiophene rings is 1. The van der Waals surface area contributed by atoms with Crippen LogP contribution in [0.5, 0.6) is 0 Å². The summed E-state index contributed by atoms with van der Waals surface area (Å²) in [6.45, 7) is 0. The molecule has 1 aromatic heterocycles. The highest BCUT2D eigenvalue weighted by atomic mass is 32.1. The van der Waals surface area contributed by atoms with Gasteiger partial charge in [0.15, 0.2) is 0 Å². The average Bonchev–Trinajstić information content (AvgIpc) is 2.86. The SMILES string of the molecule is O=C([O-])c1ccc(N=Cc2ccc([N+](=O)[O-])s2)cc1. The normalized spacial score (nSPS) is 10.7. The Kier molecular flexibility index (Phi) is 3.67. The molecule has 1 aromatic carbocycles. The van der Waals surface area contributed by atoms with Gasteiger partial charge in [-0.25, -0.2) is 0 Å². The van der Waals surface area contributed by atoms with Crippen molar-refractivity contribution in [2.24, 2.45) is 4.99 Å². The van der Waals surface area contributed by atoms with E-state index in [1.165, 1.54) is 36.5 Å². The zero-order valence-corrected chi connectivity index (χ0v) is 10.3. The maximum atomic E-state index is 10.5. The number of nitrogens with zero attached hydrogens (tertiary/aromatic N) is 2. The molecule has 96 valence electrons. The molecule has 0 aliphatic heterocycles. The average molecular weight is 275 g/mol. The van der Waals surface area contributed by atoms with Crippen LogP contribution in [0.3, 0.4) is 0 Å². The third-order valence-electron chi connectivity index (χ3n) is 2.24. The Morgan fingerprint density at radius 1 is 1.21 bits per heavy atom. The summed E-state index contributed by atoms with van der Waals surface area (Å²) in [7, 11) is 0. The van der Waals surface area contributed by atoms with Gasteiger partial charge < -0.3 is 9.90 Å². The molecule has 0 aliphatic rings. The van der Waals surface area contributed by atoms with Crippen LogP contribution in [0.4, 0.5) is 10.7 Å². The number of rotatable bonds is 4. The molecule has 0 atom stereocenters. The Hall–Kier alpha value is -2.54. The van der Waals surface area contributed by atoms with Crippen LogP contribution in [0.1, 0.15) is 15.2 Å². The molecule has 0 unspecified atom stereocenters. The smallest absolute Gasteiger partial charge is 0.324 e. The Morgan fingerprint density at radius 2 is 1.89 bits per heavy atom. The minimum atomic E-state index is -1.25. The highest BCUT2D eigenvalue weighted by Gasteiger charge is 2.07. The molecule has 0 amide bonds. The molecule has 0 fully saturated rings. The lowest BCUT2D eigenvalue weighted by Crippen LogP contribution is -2.21. The molecule has 0 aliphatic carbocycles. The predicted octanol–water partition coefficient (Wildman–Crippen LogP) is 1.77. The molecule has 0 spiro atoms. The van der Waals surface area contributed by atoms with Gasteiger partial charge in [0.05, 0.1) is 21.5 Å². The number of carboxylic acid groups (broad SMARTS) is 1. The van der Waals surface area contributed by atoms with Crippen molar-refractivity contribution in [3.05, 3.63) is 57.0 Å². The lowest BCUT2D eigenvalue weighted by molar-refractivity contribution is -0.380. The Balaban J connectivity index is 2.13. The lowest BCUT2D eigenvalue weighted by Gasteiger charge is -2.00. The van der Waals surface area contributed by atoms with Crippen molar-refractivity contribution in [3.8, 4) is 0 Å². The number of aliphatic imine (C=N–C) groups is 1. The Morgan fingerprint density at radius 3 is 2.42 bits per heavy atom. The highest BCUT2D eigenvalue weighted by Crippen LogP contribution is 2.23. The summed E-state index contributed by atoms with van der Waals surface area (Å²) in [5.74, 6) is -1.25. The van der Waals surface area contributed by atoms with Crippen molar-refractivity contribution >= 4 is 34.2 Å². The van der Waals surface area contributed by atoms with Gasteiger partial charge in [-0.3, -0.25) is 15.1 Å². The number of carbonyl (C=O) groups is 1. The first kappa shape index (κ1) is 12.9. The lowest BCUT2D eigenvalue weighted by atomic mass is 10.2. The van der Waals surface area contributed by atoms with E-state index in [4.69, 9.17) is 0 Å². The largest absolute Gasteiger partial charge is 0.545 e. The van der Waals surface area contributed by atoms with Crippen molar-refractivity contribution in [2.75, 3.05) is 0 Å². The van der Waals surface area contributed by atoms with Gasteiger partial charge in [0.25, 0.3) is 0 Å². The van der Waals surface area contributed by atoms with E-state index >= 15 is 0 Å². The van der Waals surface area contributed by atoms with Gasteiger partial charge in [0, 0.05) is 12.3 Å². The Labute approximate surface area is 111 Å². The topological polar surface area (TPSA) is 95.6 Å². The summed E-state index contributed by atoms with van der Waals surface area (Å²) in [5.41, 5.74) is 0.631. The zero-order valence-electron chi connectivity index (χ0n) is 9.48. The van der Waals surface area contributed by atoms with Crippen LogP contribution < -0.4 is 5.11 Å². The summed E-state index contributed by atoms with van der Waals surface area (Å²) in [6, 6.07) is 8.85. The van der Waals surface area contributed by atoms with Gasteiger partial charge in [-0.1, -0.05) is 23.5 Å². The van der Waals surface area contributed by atoms with Crippen molar-refractivity contribution < 1.29 is 14.8 Å². The summed E-state index contributed by atoms with van der Waals surface area (Å²) < 4.78 is 0.